The summed E-state index contributed by atoms with van der Waals surface area (Å²) in [7, 11) is 0. The van der Waals surface area contributed by atoms with Gasteiger partial charge < -0.3 is 0 Å². The summed E-state index contributed by atoms with van der Waals surface area (Å²) >= 11 is -2.52. The summed E-state index contributed by atoms with van der Waals surface area (Å²) < 4.78 is 46.4. The maximum Gasteiger partial charge on any atom is 0.343 e. The van der Waals surface area contributed by atoms with Crippen LogP contribution in [0.3, 0.4) is 0 Å². The molecule has 2 N–H and O–H groups in total. The number of halogens is 2. The molecule has 2 rings (SSSR count). The minimum atomic E-state index is -3.19. The fraction of sp³-hybridized carbons (Fsp3) is 0.333. The third-order valence-corrected chi connectivity index (χ3v) is 2.78. The molecule has 0 fully saturated rings. The molecule has 0 aliphatic carbocycles. The lowest BCUT2D eigenvalue weighted by Crippen LogP contribution is -2.49. The molecule has 7 heteroatoms. The Morgan fingerprint density at radius 3 is 2.88 bits per heavy atom. The van der Waals surface area contributed by atoms with Crippen LogP contribution in [0, 0.1) is 6.92 Å². The first-order chi connectivity index (χ1) is 7.42. The van der Waals surface area contributed by atoms with E-state index in [1.54, 1.807) is 25.1 Å². The van der Waals surface area contributed by atoms with Crippen LogP contribution in [0.2, 0.25) is 0 Å². The number of aryl methyl sites for hydroxylation is 1. The molecule has 1 aliphatic rings. The van der Waals surface area contributed by atoms with Gasteiger partial charge in [0.15, 0.2) is 0 Å². The van der Waals surface area contributed by atoms with Crippen molar-refractivity contribution in [2.45, 2.75) is 19.4 Å². The highest BCUT2D eigenvalue weighted by Crippen LogP contribution is 2.41. The first kappa shape index (κ1) is 11.4. The zero-order valence-electron chi connectivity index (χ0n) is 8.41. The molecule has 0 radical (unpaired) electrons. The first-order valence-electron chi connectivity index (χ1n) is 4.55. The van der Waals surface area contributed by atoms with Crippen molar-refractivity contribution in [3.05, 3.63) is 29.3 Å². The van der Waals surface area contributed by atoms with Crippen LogP contribution in [0.25, 0.3) is 0 Å². The number of nitrogens with one attached hydrogen (secondary N) is 1. The Balaban J connectivity index is 2.47. The predicted octanol–water partition coefficient (Wildman–Crippen LogP) is 1.59. The van der Waals surface area contributed by atoms with E-state index in [0.29, 0.717) is 16.1 Å². The molecule has 16 heavy (non-hydrogen) atoms. The Hall–Kier alpha value is -1.05. The average Bonchev–Trinajstić information content (AvgIpc) is 2.38. The van der Waals surface area contributed by atoms with Crippen LogP contribution >= 0.6 is 0 Å². The minimum absolute atomic E-state index is 0.273. The van der Waals surface area contributed by atoms with Crippen molar-refractivity contribution in [1.29, 1.82) is 0 Å². The van der Waals surface area contributed by atoms with Crippen LogP contribution in [0.5, 0.6) is 0 Å². The number of nitrogens with zero attached hydrogens (tertiary/aromatic N) is 1. The smallest absolute Gasteiger partial charge is 0.293 e. The molecular weight excluding hydrogens is 238 g/mol. The van der Waals surface area contributed by atoms with Gasteiger partial charge in [0.1, 0.15) is 0 Å². The van der Waals surface area contributed by atoms with E-state index in [4.69, 9.17) is 4.55 Å². The molecule has 0 amide bonds. The second-order valence-electron chi connectivity index (χ2n) is 3.60. The van der Waals surface area contributed by atoms with E-state index in [0.717, 1.165) is 0 Å². The van der Waals surface area contributed by atoms with E-state index >= 15 is 0 Å². The first-order valence-corrected chi connectivity index (χ1v) is 5.66. The summed E-state index contributed by atoms with van der Waals surface area (Å²) in [5.41, 5.74) is 1.37. The second kappa shape index (κ2) is 3.76. The van der Waals surface area contributed by atoms with E-state index in [-0.39, 0.29) is 5.69 Å². The lowest BCUT2D eigenvalue weighted by molar-refractivity contribution is 0.00290. The van der Waals surface area contributed by atoms with Crippen molar-refractivity contribution in [2.24, 2.45) is 0 Å². The normalized spacial score (nSPS) is 19.6. The summed E-state index contributed by atoms with van der Waals surface area (Å²) in [6.07, 6.45) is -0.464. The van der Waals surface area contributed by atoms with E-state index in [9.17, 15) is 13.0 Å². The van der Waals surface area contributed by atoms with Gasteiger partial charge in [-0.1, -0.05) is 18.2 Å². The Morgan fingerprint density at radius 2 is 2.25 bits per heavy atom. The summed E-state index contributed by atoms with van der Waals surface area (Å²) in [5, 5.41) is 0.466. The summed E-state index contributed by atoms with van der Waals surface area (Å²) in [6.45, 7) is 1.68. The molecule has 1 aliphatic heterocycles. The lowest BCUT2D eigenvalue weighted by Gasteiger charge is -2.25. The Bertz CT molecular complexity index is 453. The molecule has 88 valence electrons. The van der Waals surface area contributed by atoms with Gasteiger partial charge in [-0.05, 0) is 18.1 Å². The monoisotopic (exact) mass is 248 g/mol. The van der Waals surface area contributed by atoms with E-state index in [2.05, 4.69) is 0 Å². The third kappa shape index (κ3) is 1.81. The molecule has 1 atom stereocenters. The number of alkyl halides is 2. The Morgan fingerprint density at radius 1 is 1.56 bits per heavy atom. The average molecular weight is 248 g/mol. The summed E-state index contributed by atoms with van der Waals surface area (Å²) in [5.74, 6) is 0. The highest BCUT2D eigenvalue weighted by Gasteiger charge is 2.46. The van der Waals surface area contributed by atoms with Crippen molar-refractivity contribution >= 4 is 17.0 Å². The molecule has 0 spiro atoms. The maximum absolute atomic E-state index is 13.6. The minimum Gasteiger partial charge on any atom is -0.293 e. The van der Waals surface area contributed by atoms with Crippen molar-refractivity contribution < 1.29 is 17.5 Å². The number of anilines is 1. The molecule has 1 aromatic carbocycles. The van der Waals surface area contributed by atoms with Gasteiger partial charge >= 0.3 is 6.05 Å². The van der Waals surface area contributed by atoms with Crippen LogP contribution in [0.15, 0.2) is 18.2 Å². The number of fused-ring (bicyclic) bond motifs is 1. The van der Waals surface area contributed by atoms with E-state index in [1.165, 1.54) is 0 Å². The molecule has 0 saturated heterocycles. The van der Waals surface area contributed by atoms with Crippen LogP contribution in [0.1, 0.15) is 11.1 Å². The highest BCUT2D eigenvalue weighted by molar-refractivity contribution is 7.77. The third-order valence-electron chi connectivity index (χ3n) is 2.44. The number of hydrogen-bond donors (Lipinski definition) is 2. The fourth-order valence-corrected chi connectivity index (χ4v) is 2.23. The largest absolute Gasteiger partial charge is 0.343 e. The molecule has 1 aromatic rings. The van der Waals surface area contributed by atoms with Crippen molar-refractivity contribution in [3.63, 3.8) is 0 Å². The second-order valence-corrected chi connectivity index (χ2v) is 4.28. The quantitative estimate of drug-likeness (QED) is 0.617. The van der Waals surface area contributed by atoms with Gasteiger partial charge in [-0.25, -0.2) is 9.22 Å². The summed E-state index contributed by atoms with van der Waals surface area (Å²) in [6, 6.07) is 1.75. The van der Waals surface area contributed by atoms with Gasteiger partial charge in [0.25, 0.3) is 11.3 Å². The number of benzene rings is 1. The van der Waals surface area contributed by atoms with Gasteiger partial charge in [0.2, 0.25) is 0 Å². The molecule has 1 heterocycles. The molecule has 0 bridgehead atoms. The predicted molar refractivity (Wildman–Crippen MR) is 56.2 cm³/mol. The zero-order chi connectivity index (χ0) is 11.9. The van der Waals surface area contributed by atoms with Gasteiger partial charge in [0, 0.05) is 0 Å². The Kier molecular flexibility index (Phi) is 2.69. The molecule has 4 nitrogen and oxygen atoms in total. The van der Waals surface area contributed by atoms with E-state index in [1.807, 2.05) is 4.83 Å². The fourth-order valence-electron chi connectivity index (χ4n) is 1.84. The zero-order valence-corrected chi connectivity index (χ0v) is 9.22. The number of rotatable bonds is 2. The maximum atomic E-state index is 13.6. The number of hydrazine groups is 1. The summed E-state index contributed by atoms with van der Waals surface area (Å²) in [4.78, 5) is 1.84. The molecular formula is C9H10F2N2O2S. The lowest BCUT2D eigenvalue weighted by atomic mass is 10.1. The highest BCUT2D eigenvalue weighted by atomic mass is 32.2. The van der Waals surface area contributed by atoms with Gasteiger partial charge in [0.05, 0.1) is 12.1 Å². The standard InChI is InChI=1S/C9H10F2N2O2S/c1-6-3-2-4-7-5-9(10,11)13(8(6)7)12-16(14)15/h2-4,12H,5H2,1H3,(H,14,15). The van der Waals surface area contributed by atoms with Crippen molar-refractivity contribution in [2.75, 3.05) is 5.01 Å². The van der Waals surface area contributed by atoms with Crippen LogP contribution in [0.4, 0.5) is 14.5 Å². The Labute approximate surface area is 93.6 Å². The van der Waals surface area contributed by atoms with Gasteiger partial charge in [-0.3, -0.25) is 4.55 Å². The number of para-hydroxylation sites is 1. The number of hydrogen-bond acceptors (Lipinski definition) is 2. The van der Waals surface area contributed by atoms with Gasteiger partial charge in [-0.15, -0.1) is 4.83 Å². The molecule has 0 saturated carbocycles. The van der Waals surface area contributed by atoms with Crippen LogP contribution in [-0.2, 0) is 17.7 Å². The van der Waals surface area contributed by atoms with E-state index < -0.39 is 23.7 Å². The van der Waals surface area contributed by atoms with Crippen molar-refractivity contribution in [3.8, 4) is 0 Å². The topological polar surface area (TPSA) is 52.6 Å². The van der Waals surface area contributed by atoms with Gasteiger partial charge in [-0.2, -0.15) is 8.78 Å². The molecule has 0 aromatic heterocycles. The molecule has 1 unspecified atom stereocenters. The van der Waals surface area contributed by atoms with Crippen LogP contribution < -0.4 is 9.84 Å². The SMILES string of the molecule is Cc1cccc2c1N(NS(=O)O)C(F)(F)C2. The van der Waals surface area contributed by atoms with Crippen LogP contribution in [-0.4, -0.2) is 14.8 Å². The van der Waals surface area contributed by atoms with Crippen molar-refractivity contribution in [1.82, 2.24) is 4.83 Å².